The minimum absolute atomic E-state index is 0.0574. The first-order valence-corrected chi connectivity index (χ1v) is 9.54. The van der Waals surface area contributed by atoms with Crippen LogP contribution < -0.4 is 10.6 Å². The van der Waals surface area contributed by atoms with E-state index < -0.39 is 23.8 Å². The van der Waals surface area contributed by atoms with Crippen molar-refractivity contribution >= 4 is 17.4 Å². The van der Waals surface area contributed by atoms with Crippen LogP contribution in [-0.2, 0) is 4.79 Å². The number of hydrogen-bond acceptors (Lipinski definition) is 6. The Morgan fingerprint density at radius 3 is 2.53 bits per heavy atom. The summed E-state index contributed by atoms with van der Waals surface area (Å²) in [5, 5.41) is 26.5. The zero-order valence-electron chi connectivity index (χ0n) is 16.9. The van der Waals surface area contributed by atoms with Crippen molar-refractivity contribution in [2.24, 2.45) is 0 Å². The van der Waals surface area contributed by atoms with E-state index >= 15 is 0 Å². The average molecular weight is 413 g/mol. The summed E-state index contributed by atoms with van der Waals surface area (Å²) >= 11 is 0. The van der Waals surface area contributed by atoms with Crippen molar-refractivity contribution in [2.75, 3.05) is 19.4 Å². The standard InChI is InChI=1S/C22H24FN3O4/c1-4-15(12-8-5-6-10-14(12)23)24-17-18(21(29)20(17)28)25-16-11-7-9-13(19(16)27)22(30)26(2)3/h5-11,15,20,24-25,27-28H,4H2,1-3H3. The number of rotatable bonds is 7. The van der Waals surface area contributed by atoms with E-state index in [4.69, 9.17) is 0 Å². The monoisotopic (exact) mass is 413 g/mol. The topological polar surface area (TPSA) is 102 Å². The van der Waals surface area contributed by atoms with Gasteiger partial charge in [0.05, 0.1) is 23.0 Å². The maximum absolute atomic E-state index is 14.2. The van der Waals surface area contributed by atoms with Gasteiger partial charge < -0.3 is 25.7 Å². The van der Waals surface area contributed by atoms with Crippen LogP contribution in [0, 0.1) is 5.82 Å². The number of benzene rings is 2. The molecule has 2 unspecified atom stereocenters. The summed E-state index contributed by atoms with van der Waals surface area (Å²) in [6, 6.07) is 10.4. The summed E-state index contributed by atoms with van der Waals surface area (Å²) in [6.45, 7) is 1.85. The number of phenols is 1. The molecule has 0 aromatic heterocycles. The molecular formula is C22H24FN3O4. The number of phenolic OH excluding ortho intramolecular Hbond substituents is 1. The lowest BCUT2D eigenvalue weighted by Crippen LogP contribution is -2.46. The quantitative estimate of drug-likeness (QED) is 0.521. The summed E-state index contributed by atoms with van der Waals surface area (Å²) < 4.78 is 14.2. The molecule has 7 nitrogen and oxygen atoms in total. The molecule has 0 saturated carbocycles. The van der Waals surface area contributed by atoms with E-state index in [1.54, 1.807) is 38.4 Å². The van der Waals surface area contributed by atoms with Crippen LogP contribution in [0.1, 0.15) is 35.3 Å². The Labute approximate surface area is 173 Å². The van der Waals surface area contributed by atoms with Gasteiger partial charge in [0.15, 0.2) is 11.9 Å². The van der Waals surface area contributed by atoms with Crippen molar-refractivity contribution in [1.82, 2.24) is 10.2 Å². The largest absolute Gasteiger partial charge is 0.505 e. The van der Waals surface area contributed by atoms with Crippen LogP contribution in [0.3, 0.4) is 0 Å². The molecule has 2 aromatic carbocycles. The fourth-order valence-corrected chi connectivity index (χ4v) is 3.28. The van der Waals surface area contributed by atoms with Crippen LogP contribution in [0.15, 0.2) is 53.9 Å². The maximum atomic E-state index is 14.2. The molecule has 0 fully saturated rings. The molecule has 3 rings (SSSR count). The fraction of sp³-hybridized carbons (Fsp3) is 0.273. The van der Waals surface area contributed by atoms with E-state index in [9.17, 15) is 24.2 Å². The second-order valence-electron chi connectivity index (χ2n) is 7.21. The smallest absolute Gasteiger partial charge is 0.257 e. The van der Waals surface area contributed by atoms with E-state index in [1.165, 1.54) is 23.1 Å². The maximum Gasteiger partial charge on any atom is 0.257 e. The summed E-state index contributed by atoms with van der Waals surface area (Å²) in [6.07, 6.45) is -0.862. The Hall–Kier alpha value is -3.39. The lowest BCUT2D eigenvalue weighted by Gasteiger charge is -2.33. The third-order valence-corrected chi connectivity index (χ3v) is 4.99. The van der Waals surface area contributed by atoms with Gasteiger partial charge in [-0.05, 0) is 24.6 Å². The first kappa shape index (κ1) is 21.3. The predicted molar refractivity (Wildman–Crippen MR) is 110 cm³/mol. The molecule has 1 amide bonds. The Balaban J connectivity index is 1.91. The van der Waals surface area contributed by atoms with Gasteiger partial charge in [0, 0.05) is 19.7 Å². The first-order valence-electron chi connectivity index (χ1n) is 9.54. The number of ketones is 1. The minimum atomic E-state index is -1.37. The molecule has 2 aromatic rings. The molecule has 0 saturated heterocycles. The van der Waals surface area contributed by atoms with Crippen molar-refractivity contribution in [3.05, 3.63) is 70.8 Å². The Morgan fingerprint density at radius 1 is 1.20 bits per heavy atom. The molecule has 0 bridgehead atoms. The molecular weight excluding hydrogens is 389 g/mol. The number of para-hydroxylation sites is 1. The van der Waals surface area contributed by atoms with Gasteiger partial charge in [-0.3, -0.25) is 9.59 Å². The zero-order chi connectivity index (χ0) is 22.0. The Bertz CT molecular complexity index is 1020. The normalized spacial score (nSPS) is 16.7. The average Bonchev–Trinajstić information content (AvgIpc) is 2.74. The summed E-state index contributed by atoms with van der Waals surface area (Å²) in [5.41, 5.74) is 0.905. The highest BCUT2D eigenvalue weighted by Crippen LogP contribution is 2.34. The summed E-state index contributed by atoms with van der Waals surface area (Å²) in [5.74, 6) is -1.66. The first-order chi connectivity index (χ1) is 14.3. The fourth-order valence-electron chi connectivity index (χ4n) is 3.28. The number of aromatic hydroxyl groups is 1. The second-order valence-corrected chi connectivity index (χ2v) is 7.21. The van der Waals surface area contributed by atoms with Crippen LogP contribution in [0.25, 0.3) is 0 Å². The number of hydrogen-bond donors (Lipinski definition) is 4. The third kappa shape index (κ3) is 3.86. The van der Waals surface area contributed by atoms with E-state index in [1.807, 2.05) is 6.92 Å². The highest BCUT2D eigenvalue weighted by atomic mass is 19.1. The number of halogens is 1. The lowest BCUT2D eigenvalue weighted by atomic mass is 9.92. The number of aliphatic hydroxyl groups is 1. The molecule has 0 spiro atoms. The molecule has 0 heterocycles. The number of carbonyl (C=O) groups excluding carboxylic acids is 2. The SMILES string of the molecule is CCC(NC1=C(Nc2cccc(C(=O)N(C)C)c2O)C(=O)C1O)c1ccccc1F. The van der Waals surface area contributed by atoms with Crippen molar-refractivity contribution in [2.45, 2.75) is 25.5 Å². The molecule has 4 N–H and O–H groups in total. The van der Waals surface area contributed by atoms with Gasteiger partial charge in [0.2, 0.25) is 5.78 Å². The van der Waals surface area contributed by atoms with Crippen molar-refractivity contribution in [3.8, 4) is 5.75 Å². The summed E-state index contributed by atoms with van der Waals surface area (Å²) in [7, 11) is 3.12. The zero-order valence-corrected chi connectivity index (χ0v) is 16.9. The van der Waals surface area contributed by atoms with Gasteiger partial charge in [-0.25, -0.2) is 4.39 Å². The number of carbonyl (C=O) groups is 2. The number of aliphatic hydroxyl groups excluding tert-OH is 1. The van der Waals surface area contributed by atoms with Gasteiger partial charge in [-0.2, -0.15) is 0 Å². The van der Waals surface area contributed by atoms with Crippen LogP contribution >= 0.6 is 0 Å². The third-order valence-electron chi connectivity index (χ3n) is 4.99. The van der Waals surface area contributed by atoms with Crippen LogP contribution in [-0.4, -0.2) is 47.0 Å². The van der Waals surface area contributed by atoms with E-state index in [0.29, 0.717) is 12.0 Å². The van der Waals surface area contributed by atoms with Crippen LogP contribution in [0.4, 0.5) is 10.1 Å². The van der Waals surface area contributed by atoms with Gasteiger partial charge in [0.25, 0.3) is 5.91 Å². The molecule has 0 aliphatic heterocycles. The van der Waals surface area contributed by atoms with E-state index in [2.05, 4.69) is 10.6 Å². The molecule has 30 heavy (non-hydrogen) atoms. The lowest BCUT2D eigenvalue weighted by molar-refractivity contribution is -0.124. The van der Waals surface area contributed by atoms with Crippen LogP contribution in [0.5, 0.6) is 5.75 Å². The molecule has 158 valence electrons. The Kier molecular flexibility index (Phi) is 6.07. The van der Waals surface area contributed by atoms with E-state index in [-0.39, 0.29) is 34.2 Å². The minimum Gasteiger partial charge on any atom is -0.505 e. The second kappa shape index (κ2) is 8.54. The van der Waals surface area contributed by atoms with Crippen LogP contribution in [0.2, 0.25) is 0 Å². The predicted octanol–water partition coefficient (Wildman–Crippen LogP) is 2.54. The number of Topliss-reactive ketones (excluding diaryl/α,β-unsaturated/α-hetero) is 1. The molecule has 1 aliphatic rings. The van der Waals surface area contributed by atoms with E-state index in [0.717, 1.165) is 0 Å². The van der Waals surface area contributed by atoms with Crippen molar-refractivity contribution in [1.29, 1.82) is 0 Å². The number of nitrogens with zero attached hydrogens (tertiary/aromatic N) is 1. The number of amides is 1. The van der Waals surface area contributed by atoms with Gasteiger partial charge in [-0.1, -0.05) is 31.2 Å². The highest BCUT2D eigenvalue weighted by Gasteiger charge is 2.40. The number of anilines is 1. The Morgan fingerprint density at radius 2 is 1.90 bits per heavy atom. The van der Waals surface area contributed by atoms with Crippen molar-refractivity contribution < 1.29 is 24.2 Å². The number of nitrogens with one attached hydrogen (secondary N) is 2. The summed E-state index contributed by atoms with van der Waals surface area (Å²) in [4.78, 5) is 25.8. The van der Waals surface area contributed by atoms with Gasteiger partial charge in [0.1, 0.15) is 11.5 Å². The van der Waals surface area contributed by atoms with Crippen molar-refractivity contribution in [3.63, 3.8) is 0 Å². The molecule has 8 heteroatoms. The highest BCUT2D eigenvalue weighted by molar-refractivity contribution is 6.11. The van der Waals surface area contributed by atoms with Gasteiger partial charge in [-0.15, -0.1) is 0 Å². The molecule has 1 aliphatic carbocycles. The molecule has 0 radical (unpaired) electrons. The molecule has 2 atom stereocenters. The van der Waals surface area contributed by atoms with Gasteiger partial charge >= 0.3 is 0 Å².